The fraction of sp³-hybridized carbons (Fsp3) is 1.00. The molecule has 0 aromatic carbocycles. The average molecular weight is 249 g/mol. The molecule has 1 unspecified atom stereocenters. The van der Waals surface area contributed by atoms with E-state index in [1.54, 1.807) is 14.0 Å². The lowest BCUT2D eigenvalue weighted by Gasteiger charge is -2.45. The molecule has 0 aromatic rings. The van der Waals surface area contributed by atoms with Crippen LogP contribution in [0.3, 0.4) is 0 Å². The molecule has 1 fully saturated rings. The third-order valence-corrected chi connectivity index (χ3v) is 5.48. The molecule has 1 aliphatic carbocycles. The summed E-state index contributed by atoms with van der Waals surface area (Å²) in [5.74, 6) is 0.467. The van der Waals surface area contributed by atoms with Crippen LogP contribution in [-0.4, -0.2) is 38.7 Å². The van der Waals surface area contributed by atoms with E-state index in [2.05, 4.69) is 0 Å². The summed E-state index contributed by atoms with van der Waals surface area (Å²) >= 11 is 0. The van der Waals surface area contributed by atoms with E-state index < -0.39 is 9.84 Å². The second-order valence-electron chi connectivity index (χ2n) is 4.61. The van der Waals surface area contributed by atoms with E-state index >= 15 is 0 Å². The summed E-state index contributed by atoms with van der Waals surface area (Å²) in [5.41, 5.74) is 5.90. The standard InChI is InChI=1S/C11H23NO3S/c1-3-16(13,14)9-4-6-10(12)11(15-2)7-5-8-11/h10H,3-9,12H2,1-2H3. The second-order valence-corrected chi connectivity index (χ2v) is 7.08. The Morgan fingerprint density at radius 2 is 2.06 bits per heavy atom. The highest BCUT2D eigenvalue weighted by atomic mass is 32.2. The minimum absolute atomic E-state index is 0.0293. The maximum absolute atomic E-state index is 11.3. The lowest BCUT2D eigenvalue weighted by Crippen LogP contribution is -2.54. The zero-order valence-corrected chi connectivity index (χ0v) is 11.1. The van der Waals surface area contributed by atoms with E-state index in [0.717, 1.165) is 25.7 Å². The lowest BCUT2D eigenvalue weighted by molar-refractivity contribution is -0.0914. The molecule has 0 aliphatic heterocycles. The number of methoxy groups -OCH3 is 1. The third-order valence-electron chi connectivity index (χ3n) is 3.69. The van der Waals surface area contributed by atoms with Gasteiger partial charge in [-0.05, 0) is 32.1 Å². The first-order chi connectivity index (χ1) is 7.46. The Labute approximate surface area is 98.5 Å². The Morgan fingerprint density at radius 3 is 2.44 bits per heavy atom. The van der Waals surface area contributed by atoms with Crippen molar-refractivity contribution in [2.45, 2.75) is 50.7 Å². The molecule has 1 atom stereocenters. The van der Waals surface area contributed by atoms with Gasteiger partial charge in [0, 0.05) is 18.9 Å². The molecule has 1 rings (SSSR count). The summed E-state index contributed by atoms with van der Waals surface area (Å²) < 4.78 is 28.1. The van der Waals surface area contributed by atoms with Crippen LogP contribution in [0.2, 0.25) is 0 Å². The van der Waals surface area contributed by atoms with Crippen molar-refractivity contribution >= 4 is 9.84 Å². The normalized spacial score (nSPS) is 21.4. The van der Waals surface area contributed by atoms with E-state index in [0.29, 0.717) is 6.42 Å². The number of hydrogen-bond donors (Lipinski definition) is 1. The Hall–Kier alpha value is -0.130. The van der Waals surface area contributed by atoms with Gasteiger partial charge in [0.05, 0.1) is 11.4 Å². The van der Waals surface area contributed by atoms with Gasteiger partial charge in [0.1, 0.15) is 9.84 Å². The Bertz CT molecular complexity index is 304. The predicted octanol–water partition coefficient (Wildman–Crippen LogP) is 1.10. The summed E-state index contributed by atoms with van der Waals surface area (Å²) in [6.07, 6.45) is 4.54. The Morgan fingerprint density at radius 1 is 1.44 bits per heavy atom. The summed E-state index contributed by atoms with van der Waals surface area (Å²) in [7, 11) is -1.16. The first-order valence-corrected chi connectivity index (χ1v) is 7.79. The molecule has 0 heterocycles. The highest BCUT2D eigenvalue weighted by molar-refractivity contribution is 7.91. The van der Waals surface area contributed by atoms with Crippen LogP contribution in [0.4, 0.5) is 0 Å². The zero-order chi connectivity index (χ0) is 12.2. The quantitative estimate of drug-likeness (QED) is 0.733. The largest absolute Gasteiger partial charge is 0.377 e. The smallest absolute Gasteiger partial charge is 0.150 e. The topological polar surface area (TPSA) is 69.4 Å². The summed E-state index contributed by atoms with van der Waals surface area (Å²) in [4.78, 5) is 0. The van der Waals surface area contributed by atoms with Crippen LogP contribution in [0.1, 0.15) is 39.0 Å². The van der Waals surface area contributed by atoms with Gasteiger partial charge in [-0.2, -0.15) is 0 Å². The van der Waals surface area contributed by atoms with Crippen molar-refractivity contribution in [2.75, 3.05) is 18.6 Å². The molecular formula is C11H23NO3S. The number of ether oxygens (including phenoxy) is 1. The van der Waals surface area contributed by atoms with Gasteiger partial charge in [-0.3, -0.25) is 0 Å². The first-order valence-electron chi connectivity index (χ1n) is 5.97. The van der Waals surface area contributed by atoms with Gasteiger partial charge >= 0.3 is 0 Å². The highest BCUT2D eigenvalue weighted by Gasteiger charge is 2.42. The SMILES string of the molecule is CCS(=O)(=O)CCCC(N)C1(OC)CCC1. The molecular weight excluding hydrogens is 226 g/mol. The Balaban J connectivity index is 2.33. The van der Waals surface area contributed by atoms with Crippen LogP contribution in [-0.2, 0) is 14.6 Å². The van der Waals surface area contributed by atoms with Gasteiger partial charge in [-0.1, -0.05) is 6.92 Å². The van der Waals surface area contributed by atoms with E-state index in [4.69, 9.17) is 10.5 Å². The van der Waals surface area contributed by atoms with Crippen LogP contribution in [0.15, 0.2) is 0 Å². The van der Waals surface area contributed by atoms with Gasteiger partial charge in [0.25, 0.3) is 0 Å². The van der Waals surface area contributed by atoms with Crippen molar-refractivity contribution in [1.29, 1.82) is 0 Å². The molecule has 2 N–H and O–H groups in total. The number of sulfone groups is 1. The molecule has 1 aliphatic rings. The lowest BCUT2D eigenvalue weighted by atomic mass is 9.73. The molecule has 0 aromatic heterocycles. The van der Waals surface area contributed by atoms with Crippen molar-refractivity contribution in [3.63, 3.8) is 0 Å². The Kier molecular flexibility index (Phi) is 4.76. The summed E-state index contributed by atoms with van der Waals surface area (Å²) in [6.45, 7) is 1.68. The minimum atomic E-state index is -2.85. The van der Waals surface area contributed by atoms with Gasteiger partial charge in [-0.15, -0.1) is 0 Å². The number of rotatable bonds is 7. The molecule has 0 amide bonds. The molecule has 0 radical (unpaired) electrons. The fourth-order valence-corrected chi connectivity index (χ4v) is 3.08. The van der Waals surface area contributed by atoms with Gasteiger partial charge in [0.15, 0.2) is 0 Å². The maximum atomic E-state index is 11.3. The third kappa shape index (κ3) is 3.18. The van der Waals surface area contributed by atoms with E-state index in [9.17, 15) is 8.42 Å². The molecule has 96 valence electrons. The van der Waals surface area contributed by atoms with Crippen LogP contribution in [0.5, 0.6) is 0 Å². The molecule has 16 heavy (non-hydrogen) atoms. The van der Waals surface area contributed by atoms with Crippen molar-refractivity contribution in [3.8, 4) is 0 Å². The minimum Gasteiger partial charge on any atom is -0.377 e. The van der Waals surface area contributed by atoms with Crippen molar-refractivity contribution in [1.82, 2.24) is 0 Å². The first kappa shape index (κ1) is 13.9. The van der Waals surface area contributed by atoms with Gasteiger partial charge < -0.3 is 10.5 Å². The monoisotopic (exact) mass is 249 g/mol. The number of hydrogen-bond acceptors (Lipinski definition) is 4. The number of nitrogens with two attached hydrogens (primary N) is 1. The van der Waals surface area contributed by atoms with E-state index in [-0.39, 0.29) is 23.1 Å². The van der Waals surface area contributed by atoms with Crippen LogP contribution < -0.4 is 5.73 Å². The van der Waals surface area contributed by atoms with Crippen molar-refractivity contribution in [2.24, 2.45) is 5.73 Å². The van der Waals surface area contributed by atoms with E-state index in [1.807, 2.05) is 0 Å². The van der Waals surface area contributed by atoms with Crippen molar-refractivity contribution in [3.05, 3.63) is 0 Å². The van der Waals surface area contributed by atoms with Crippen LogP contribution >= 0.6 is 0 Å². The fourth-order valence-electron chi connectivity index (χ4n) is 2.18. The van der Waals surface area contributed by atoms with E-state index in [1.165, 1.54) is 0 Å². The average Bonchev–Trinajstić information content (AvgIpc) is 2.17. The molecule has 0 bridgehead atoms. The van der Waals surface area contributed by atoms with Crippen LogP contribution in [0.25, 0.3) is 0 Å². The summed E-state index contributed by atoms with van der Waals surface area (Å²) in [5, 5.41) is 0. The molecule has 0 spiro atoms. The van der Waals surface area contributed by atoms with Gasteiger partial charge in [-0.25, -0.2) is 8.42 Å². The van der Waals surface area contributed by atoms with Gasteiger partial charge in [0.2, 0.25) is 0 Å². The molecule has 1 saturated carbocycles. The highest BCUT2D eigenvalue weighted by Crippen LogP contribution is 2.38. The van der Waals surface area contributed by atoms with Crippen molar-refractivity contribution < 1.29 is 13.2 Å². The maximum Gasteiger partial charge on any atom is 0.150 e. The van der Waals surface area contributed by atoms with Crippen LogP contribution in [0, 0.1) is 0 Å². The predicted molar refractivity (Wildman–Crippen MR) is 65.1 cm³/mol. The molecule has 0 saturated heterocycles. The molecule has 4 nitrogen and oxygen atoms in total. The second kappa shape index (κ2) is 5.47. The zero-order valence-electron chi connectivity index (χ0n) is 10.2. The molecule has 5 heteroatoms. The summed E-state index contributed by atoms with van der Waals surface area (Å²) in [6, 6.07) is -0.0293.